The molecule has 0 saturated carbocycles. The van der Waals surface area contributed by atoms with E-state index in [9.17, 15) is 15.0 Å². The van der Waals surface area contributed by atoms with Crippen LogP contribution in [-0.2, 0) is 0 Å². The maximum Gasteiger partial charge on any atom is 0.317 e. The highest BCUT2D eigenvalue weighted by molar-refractivity contribution is 5.76. The molecule has 0 radical (unpaired) electrons. The van der Waals surface area contributed by atoms with E-state index < -0.39 is 12.2 Å². The average Bonchev–Trinajstić information content (AvgIpc) is 3.12. The number of nitrogens with zero attached hydrogens (tertiary/aromatic N) is 2. The van der Waals surface area contributed by atoms with Gasteiger partial charge in [0.05, 0.1) is 12.2 Å². The Hall–Kier alpha value is -2.41. The van der Waals surface area contributed by atoms with Crippen molar-refractivity contribution >= 4 is 6.03 Å². The zero-order chi connectivity index (χ0) is 19.1. The number of amides is 2. The second-order valence-electron chi connectivity index (χ2n) is 6.83. The molecule has 2 amide bonds. The summed E-state index contributed by atoms with van der Waals surface area (Å²) < 4.78 is 0. The lowest BCUT2D eigenvalue weighted by Crippen LogP contribution is -2.40. The second-order valence-corrected chi connectivity index (χ2v) is 6.83. The minimum absolute atomic E-state index is 0.0536. The van der Waals surface area contributed by atoms with Crippen molar-refractivity contribution in [3.63, 3.8) is 0 Å². The normalized spacial score (nSPS) is 16.4. The molecule has 0 spiro atoms. The number of aliphatic hydroxyl groups is 2. The van der Waals surface area contributed by atoms with Gasteiger partial charge in [-0.2, -0.15) is 0 Å². The van der Waals surface area contributed by atoms with Crippen LogP contribution >= 0.6 is 0 Å². The van der Waals surface area contributed by atoms with Gasteiger partial charge < -0.3 is 20.4 Å². The fourth-order valence-electron chi connectivity index (χ4n) is 3.29. The molecule has 3 rings (SSSR count). The number of hydrogen-bond acceptors (Lipinski definition) is 4. The first kappa shape index (κ1) is 19.4. The third-order valence-corrected chi connectivity index (χ3v) is 4.86. The topological polar surface area (TPSA) is 76.0 Å². The fourth-order valence-corrected chi connectivity index (χ4v) is 3.29. The van der Waals surface area contributed by atoms with E-state index >= 15 is 0 Å². The molecular weight excluding hydrogens is 342 g/mol. The predicted molar refractivity (Wildman–Crippen MR) is 104 cm³/mol. The van der Waals surface area contributed by atoms with E-state index in [1.165, 1.54) is 0 Å². The number of carbonyl (C=O) groups excluding carboxylic acids is 1. The van der Waals surface area contributed by atoms with Crippen molar-refractivity contribution in [2.24, 2.45) is 0 Å². The lowest BCUT2D eigenvalue weighted by Gasteiger charge is -2.29. The van der Waals surface area contributed by atoms with Crippen LogP contribution in [0, 0.1) is 0 Å². The molecule has 2 aromatic rings. The number of benzene rings is 2. The molecule has 0 unspecified atom stereocenters. The summed E-state index contributed by atoms with van der Waals surface area (Å²) in [5.74, 6) is 0. The third-order valence-electron chi connectivity index (χ3n) is 4.86. The lowest BCUT2D eigenvalue weighted by molar-refractivity contribution is 0.0655. The van der Waals surface area contributed by atoms with Crippen LogP contribution in [0.5, 0.6) is 0 Å². The Bertz CT molecular complexity index is 664. The molecule has 144 valence electrons. The number of rotatable bonds is 9. The van der Waals surface area contributed by atoms with Crippen molar-refractivity contribution in [2.45, 2.75) is 12.2 Å². The number of nitrogens with one attached hydrogen (secondary N) is 1. The van der Waals surface area contributed by atoms with Crippen molar-refractivity contribution in [3.05, 3.63) is 71.8 Å². The summed E-state index contributed by atoms with van der Waals surface area (Å²) in [5.41, 5.74) is 1.69. The summed E-state index contributed by atoms with van der Waals surface area (Å²) >= 11 is 0. The highest BCUT2D eigenvalue weighted by atomic mass is 16.3. The minimum Gasteiger partial charge on any atom is -0.387 e. The molecule has 1 aliphatic rings. The first-order valence-corrected chi connectivity index (χ1v) is 9.34. The Balaban J connectivity index is 1.64. The van der Waals surface area contributed by atoms with Crippen LogP contribution in [-0.4, -0.2) is 65.3 Å². The average molecular weight is 369 g/mol. The SMILES string of the molecule is O=C1NCCN1CCN(C[C@@H](O)c1ccccc1)C[C@H](O)c1ccccc1. The molecule has 3 N–H and O–H groups in total. The summed E-state index contributed by atoms with van der Waals surface area (Å²) in [5, 5.41) is 24.0. The number of carbonyl (C=O) groups is 1. The predicted octanol–water partition coefficient (Wildman–Crippen LogP) is 1.78. The van der Waals surface area contributed by atoms with E-state index in [0.29, 0.717) is 39.3 Å². The summed E-state index contributed by atoms with van der Waals surface area (Å²) in [4.78, 5) is 15.5. The second kappa shape index (κ2) is 9.50. The number of aliphatic hydroxyl groups excluding tert-OH is 2. The van der Waals surface area contributed by atoms with E-state index in [1.54, 1.807) is 4.90 Å². The van der Waals surface area contributed by atoms with Crippen molar-refractivity contribution in [2.75, 3.05) is 39.3 Å². The van der Waals surface area contributed by atoms with Gasteiger partial charge in [-0.1, -0.05) is 60.7 Å². The Morgan fingerprint density at radius 2 is 1.44 bits per heavy atom. The number of urea groups is 1. The van der Waals surface area contributed by atoms with Gasteiger partial charge in [0.1, 0.15) is 0 Å². The minimum atomic E-state index is -0.651. The van der Waals surface area contributed by atoms with Gasteiger partial charge in [0.25, 0.3) is 0 Å². The van der Waals surface area contributed by atoms with Crippen LogP contribution in [0.15, 0.2) is 60.7 Å². The van der Waals surface area contributed by atoms with Crippen LogP contribution in [0.1, 0.15) is 23.3 Å². The molecule has 6 heteroatoms. The maximum absolute atomic E-state index is 11.8. The fraction of sp³-hybridized carbons (Fsp3) is 0.381. The molecule has 2 atom stereocenters. The van der Waals surface area contributed by atoms with Gasteiger partial charge in [-0.15, -0.1) is 0 Å². The van der Waals surface area contributed by atoms with Gasteiger partial charge in [-0.25, -0.2) is 4.79 Å². The van der Waals surface area contributed by atoms with Crippen LogP contribution in [0.2, 0.25) is 0 Å². The summed E-state index contributed by atoms with van der Waals surface area (Å²) in [6.45, 7) is 3.29. The van der Waals surface area contributed by atoms with Crippen LogP contribution in [0.3, 0.4) is 0 Å². The first-order chi connectivity index (χ1) is 13.1. The molecule has 2 aromatic carbocycles. The standard InChI is InChI=1S/C21H27N3O3/c25-19(17-7-3-1-4-8-17)15-23(13-14-24-12-11-22-21(24)27)16-20(26)18-9-5-2-6-10-18/h1-10,19-20,25-26H,11-16H2,(H,22,27)/t19-,20+. The van der Waals surface area contributed by atoms with Crippen molar-refractivity contribution in [1.82, 2.24) is 15.1 Å². The molecule has 1 aliphatic heterocycles. The Kier molecular flexibility index (Phi) is 6.81. The van der Waals surface area contributed by atoms with Gasteiger partial charge in [-0.05, 0) is 11.1 Å². The summed E-state index contributed by atoms with van der Waals surface area (Å²) in [6.07, 6.45) is -1.30. The van der Waals surface area contributed by atoms with Crippen LogP contribution in [0.4, 0.5) is 4.79 Å². The van der Waals surface area contributed by atoms with E-state index in [4.69, 9.17) is 0 Å². The van der Waals surface area contributed by atoms with Gasteiger partial charge in [0.15, 0.2) is 0 Å². The van der Waals surface area contributed by atoms with E-state index in [1.807, 2.05) is 65.6 Å². The highest BCUT2D eigenvalue weighted by Crippen LogP contribution is 2.18. The molecule has 6 nitrogen and oxygen atoms in total. The Morgan fingerprint density at radius 1 is 0.926 bits per heavy atom. The lowest BCUT2D eigenvalue weighted by atomic mass is 10.1. The summed E-state index contributed by atoms with van der Waals surface area (Å²) in [7, 11) is 0. The van der Waals surface area contributed by atoms with Gasteiger partial charge in [-0.3, -0.25) is 4.90 Å². The van der Waals surface area contributed by atoms with Crippen molar-refractivity contribution in [3.8, 4) is 0 Å². The zero-order valence-corrected chi connectivity index (χ0v) is 15.4. The Labute approximate surface area is 160 Å². The molecule has 0 aliphatic carbocycles. The molecule has 1 saturated heterocycles. The first-order valence-electron chi connectivity index (χ1n) is 9.34. The molecule has 27 heavy (non-hydrogen) atoms. The monoisotopic (exact) mass is 369 g/mol. The van der Waals surface area contributed by atoms with E-state index in [-0.39, 0.29) is 6.03 Å². The van der Waals surface area contributed by atoms with Gasteiger partial charge >= 0.3 is 6.03 Å². The Morgan fingerprint density at radius 3 is 1.89 bits per heavy atom. The van der Waals surface area contributed by atoms with Crippen LogP contribution < -0.4 is 5.32 Å². The van der Waals surface area contributed by atoms with Crippen molar-refractivity contribution < 1.29 is 15.0 Å². The van der Waals surface area contributed by atoms with Gasteiger partial charge in [0.2, 0.25) is 0 Å². The maximum atomic E-state index is 11.8. The van der Waals surface area contributed by atoms with Gasteiger partial charge in [0, 0.05) is 39.3 Å². The van der Waals surface area contributed by atoms with Crippen molar-refractivity contribution in [1.29, 1.82) is 0 Å². The molecular formula is C21H27N3O3. The quantitative estimate of drug-likeness (QED) is 0.630. The zero-order valence-electron chi connectivity index (χ0n) is 15.4. The smallest absolute Gasteiger partial charge is 0.317 e. The molecule has 0 bridgehead atoms. The summed E-state index contributed by atoms with van der Waals surface area (Å²) in [6, 6.07) is 18.9. The third kappa shape index (κ3) is 5.53. The number of hydrogen-bond donors (Lipinski definition) is 3. The van der Waals surface area contributed by atoms with E-state index in [2.05, 4.69) is 5.32 Å². The largest absolute Gasteiger partial charge is 0.387 e. The van der Waals surface area contributed by atoms with Crippen LogP contribution in [0.25, 0.3) is 0 Å². The molecule has 1 heterocycles. The molecule has 1 fully saturated rings. The molecule has 0 aromatic heterocycles. The highest BCUT2D eigenvalue weighted by Gasteiger charge is 2.22. The van der Waals surface area contributed by atoms with E-state index in [0.717, 1.165) is 11.1 Å².